The predicted molar refractivity (Wildman–Crippen MR) is 57.9 cm³/mol. The Hall–Kier alpha value is -0.970. The molecule has 0 aliphatic rings. The fourth-order valence-corrected chi connectivity index (χ4v) is 2.49. The molecule has 1 N–H and O–H groups in total. The number of aliphatic hydroxyl groups excluding tert-OH is 1. The number of hydrogen-bond acceptors (Lipinski definition) is 4. The Labute approximate surface area is 89.5 Å². The summed E-state index contributed by atoms with van der Waals surface area (Å²) < 4.78 is 0. The molecule has 2 aromatic rings. The molecule has 0 aromatic carbocycles. The van der Waals surface area contributed by atoms with E-state index in [0.717, 1.165) is 0 Å². The molecule has 0 aliphatic heterocycles. The number of carbonyl (C=O) groups is 1. The van der Waals surface area contributed by atoms with Gasteiger partial charge < -0.3 is 5.11 Å². The van der Waals surface area contributed by atoms with E-state index in [4.69, 9.17) is 0 Å². The summed E-state index contributed by atoms with van der Waals surface area (Å²) in [5.41, 5.74) is 0.580. The van der Waals surface area contributed by atoms with Crippen molar-refractivity contribution in [1.82, 2.24) is 0 Å². The van der Waals surface area contributed by atoms with Crippen LogP contribution in [-0.2, 0) is 0 Å². The largest absolute Gasteiger partial charge is 0.379 e. The second kappa shape index (κ2) is 4.04. The summed E-state index contributed by atoms with van der Waals surface area (Å²) in [6.45, 7) is 0. The van der Waals surface area contributed by atoms with E-state index in [-0.39, 0.29) is 5.78 Å². The van der Waals surface area contributed by atoms with E-state index in [9.17, 15) is 9.90 Å². The van der Waals surface area contributed by atoms with E-state index in [1.807, 2.05) is 16.8 Å². The molecule has 2 nitrogen and oxygen atoms in total. The van der Waals surface area contributed by atoms with Gasteiger partial charge in [0.05, 0.1) is 0 Å². The number of thiophene rings is 2. The third-order valence-electron chi connectivity index (χ3n) is 1.87. The highest BCUT2D eigenvalue weighted by atomic mass is 32.1. The third kappa shape index (κ3) is 1.77. The molecule has 0 saturated carbocycles. The maximum Gasteiger partial charge on any atom is 0.197 e. The van der Waals surface area contributed by atoms with Crippen LogP contribution in [0, 0.1) is 0 Å². The Kier molecular flexibility index (Phi) is 2.77. The Morgan fingerprint density at radius 1 is 1.36 bits per heavy atom. The average molecular weight is 224 g/mol. The van der Waals surface area contributed by atoms with E-state index < -0.39 is 6.10 Å². The van der Waals surface area contributed by atoms with Crippen LogP contribution in [0.3, 0.4) is 0 Å². The lowest BCUT2D eigenvalue weighted by atomic mass is 10.1. The van der Waals surface area contributed by atoms with Crippen molar-refractivity contribution in [2.75, 3.05) is 0 Å². The Morgan fingerprint density at radius 2 is 2.21 bits per heavy atom. The van der Waals surface area contributed by atoms with Crippen molar-refractivity contribution in [1.29, 1.82) is 0 Å². The molecule has 1 unspecified atom stereocenters. The number of carbonyl (C=O) groups excluding carboxylic acids is 1. The van der Waals surface area contributed by atoms with Crippen molar-refractivity contribution in [3.8, 4) is 0 Å². The minimum absolute atomic E-state index is 0.228. The first-order valence-corrected chi connectivity index (χ1v) is 5.89. The first kappa shape index (κ1) is 9.58. The number of rotatable bonds is 3. The first-order valence-electron chi connectivity index (χ1n) is 4.07. The van der Waals surface area contributed by atoms with E-state index >= 15 is 0 Å². The molecule has 2 rings (SSSR count). The van der Waals surface area contributed by atoms with Gasteiger partial charge in [-0.2, -0.15) is 11.3 Å². The fourth-order valence-electron chi connectivity index (χ4n) is 1.14. The molecule has 0 bridgehead atoms. The number of hydrogen-bond donors (Lipinski definition) is 1. The fraction of sp³-hybridized carbons (Fsp3) is 0.100. The van der Waals surface area contributed by atoms with Crippen LogP contribution in [0.25, 0.3) is 0 Å². The average Bonchev–Trinajstić information content (AvgIpc) is 2.87. The minimum atomic E-state index is -1.01. The highest BCUT2D eigenvalue weighted by Gasteiger charge is 2.19. The van der Waals surface area contributed by atoms with Gasteiger partial charge in [-0.3, -0.25) is 4.79 Å². The van der Waals surface area contributed by atoms with Gasteiger partial charge in [-0.25, -0.2) is 0 Å². The van der Waals surface area contributed by atoms with Gasteiger partial charge in [0, 0.05) is 15.8 Å². The van der Waals surface area contributed by atoms with Gasteiger partial charge in [0.15, 0.2) is 11.9 Å². The van der Waals surface area contributed by atoms with Crippen molar-refractivity contribution in [3.63, 3.8) is 0 Å². The monoisotopic (exact) mass is 224 g/mol. The minimum Gasteiger partial charge on any atom is -0.379 e. The molecule has 0 saturated heterocycles. The van der Waals surface area contributed by atoms with Crippen LogP contribution in [0.15, 0.2) is 34.3 Å². The summed E-state index contributed by atoms with van der Waals surface area (Å²) in [5.74, 6) is -0.228. The highest BCUT2D eigenvalue weighted by molar-refractivity contribution is 7.10. The van der Waals surface area contributed by atoms with Gasteiger partial charge in [0.25, 0.3) is 0 Å². The van der Waals surface area contributed by atoms with Gasteiger partial charge in [-0.1, -0.05) is 6.07 Å². The SMILES string of the molecule is O=C(c1ccsc1)C(O)c1cccs1. The Balaban J connectivity index is 2.21. The number of ketones is 1. The van der Waals surface area contributed by atoms with Crippen LogP contribution in [0.4, 0.5) is 0 Å². The molecule has 4 heteroatoms. The van der Waals surface area contributed by atoms with Gasteiger partial charge in [0.1, 0.15) is 0 Å². The van der Waals surface area contributed by atoms with Crippen LogP contribution >= 0.6 is 22.7 Å². The predicted octanol–water partition coefficient (Wildman–Crippen LogP) is 2.73. The summed E-state index contributed by atoms with van der Waals surface area (Å²) in [4.78, 5) is 12.4. The Morgan fingerprint density at radius 3 is 2.79 bits per heavy atom. The molecule has 0 spiro atoms. The van der Waals surface area contributed by atoms with Gasteiger partial charge in [-0.15, -0.1) is 11.3 Å². The molecule has 14 heavy (non-hydrogen) atoms. The maximum absolute atomic E-state index is 11.7. The van der Waals surface area contributed by atoms with Crippen molar-refractivity contribution < 1.29 is 9.90 Å². The highest BCUT2D eigenvalue weighted by Crippen LogP contribution is 2.23. The zero-order valence-electron chi connectivity index (χ0n) is 7.21. The third-order valence-corrected chi connectivity index (χ3v) is 3.47. The second-order valence-corrected chi connectivity index (χ2v) is 4.55. The van der Waals surface area contributed by atoms with Crippen molar-refractivity contribution >= 4 is 28.5 Å². The molecule has 2 heterocycles. The molecule has 0 amide bonds. The molecular weight excluding hydrogens is 216 g/mol. The smallest absolute Gasteiger partial charge is 0.197 e. The van der Waals surface area contributed by atoms with E-state index in [0.29, 0.717) is 10.4 Å². The van der Waals surface area contributed by atoms with Crippen molar-refractivity contribution in [2.45, 2.75) is 6.10 Å². The zero-order valence-corrected chi connectivity index (χ0v) is 8.85. The van der Waals surface area contributed by atoms with Gasteiger partial charge >= 0.3 is 0 Å². The molecular formula is C10H8O2S2. The lowest BCUT2D eigenvalue weighted by molar-refractivity contribution is 0.0754. The van der Waals surface area contributed by atoms with Crippen molar-refractivity contribution in [3.05, 3.63) is 44.8 Å². The standard InChI is InChI=1S/C10H8O2S2/c11-9(7-3-5-13-6-7)10(12)8-2-1-4-14-8/h1-6,10,12H. The van der Waals surface area contributed by atoms with Crippen LogP contribution in [-0.4, -0.2) is 10.9 Å². The molecule has 1 atom stereocenters. The van der Waals surface area contributed by atoms with Crippen LogP contribution in [0.1, 0.15) is 21.3 Å². The van der Waals surface area contributed by atoms with E-state index in [2.05, 4.69) is 0 Å². The molecule has 0 radical (unpaired) electrons. The lowest BCUT2D eigenvalue weighted by Gasteiger charge is -2.04. The summed E-state index contributed by atoms with van der Waals surface area (Å²) in [6, 6.07) is 5.31. The van der Waals surface area contributed by atoms with Crippen molar-refractivity contribution in [2.24, 2.45) is 0 Å². The summed E-state index contributed by atoms with van der Waals surface area (Å²) in [5, 5.41) is 15.1. The Bertz CT molecular complexity index is 403. The molecule has 72 valence electrons. The quantitative estimate of drug-likeness (QED) is 0.814. The molecule has 0 fully saturated rings. The second-order valence-electron chi connectivity index (χ2n) is 2.79. The summed E-state index contributed by atoms with van der Waals surface area (Å²) in [7, 11) is 0. The maximum atomic E-state index is 11.7. The number of Topliss-reactive ketones (excluding diaryl/α,β-unsaturated/α-hetero) is 1. The van der Waals surface area contributed by atoms with Gasteiger partial charge in [-0.05, 0) is 22.9 Å². The summed E-state index contributed by atoms with van der Waals surface area (Å²) >= 11 is 2.84. The first-order chi connectivity index (χ1) is 6.79. The summed E-state index contributed by atoms with van der Waals surface area (Å²) in [6.07, 6.45) is -1.01. The molecule has 2 aromatic heterocycles. The molecule has 0 aliphatic carbocycles. The van der Waals surface area contributed by atoms with Crippen LogP contribution < -0.4 is 0 Å². The zero-order chi connectivity index (χ0) is 9.97. The van der Waals surface area contributed by atoms with Crippen LogP contribution in [0.2, 0.25) is 0 Å². The van der Waals surface area contributed by atoms with Crippen LogP contribution in [0.5, 0.6) is 0 Å². The normalized spacial score (nSPS) is 12.6. The van der Waals surface area contributed by atoms with E-state index in [1.165, 1.54) is 22.7 Å². The topological polar surface area (TPSA) is 37.3 Å². The van der Waals surface area contributed by atoms with E-state index in [1.54, 1.807) is 17.5 Å². The lowest BCUT2D eigenvalue weighted by Crippen LogP contribution is -2.09. The number of aliphatic hydroxyl groups is 1. The van der Waals surface area contributed by atoms with Gasteiger partial charge in [0.2, 0.25) is 0 Å².